The van der Waals surface area contributed by atoms with Gasteiger partial charge in [-0.1, -0.05) is 60.7 Å². The van der Waals surface area contributed by atoms with Crippen molar-refractivity contribution in [2.45, 2.75) is 36.3 Å². The lowest BCUT2D eigenvalue weighted by molar-refractivity contribution is -0.167. The molecule has 4 amide bonds. The molecule has 10 heteroatoms. The van der Waals surface area contributed by atoms with E-state index in [1.165, 1.54) is 24.0 Å². The molecule has 0 spiro atoms. The van der Waals surface area contributed by atoms with E-state index in [0.717, 1.165) is 22.3 Å². The molecule has 3 aliphatic carbocycles. The summed E-state index contributed by atoms with van der Waals surface area (Å²) in [7, 11) is 3.07. The van der Waals surface area contributed by atoms with Crippen LogP contribution in [0, 0.1) is 21.7 Å². The Balaban J connectivity index is 1.34. The number of carbonyl (C=O) groups excluding carboxylic acids is 4. The number of amides is 4. The highest BCUT2D eigenvalue weighted by molar-refractivity contribution is 6.20. The normalized spacial score (nSPS) is 44.0. The molecule has 44 heavy (non-hydrogen) atoms. The highest BCUT2D eigenvalue weighted by Crippen LogP contribution is 2.89. The summed E-state index contributed by atoms with van der Waals surface area (Å²) in [4.78, 5) is 63.2. The molecule has 9 aliphatic rings. The Labute approximate surface area is 252 Å². The van der Waals surface area contributed by atoms with Crippen LogP contribution in [0.15, 0.2) is 60.7 Å². The predicted octanol–water partition coefficient (Wildman–Crippen LogP) is 1.37. The fourth-order valence-corrected chi connectivity index (χ4v) is 11.6. The average molecular weight is 595 g/mol. The second kappa shape index (κ2) is 7.74. The van der Waals surface area contributed by atoms with Crippen molar-refractivity contribution in [3.63, 3.8) is 0 Å². The first-order chi connectivity index (χ1) is 21.4. The molecule has 5 saturated heterocycles. The Kier molecular flexibility index (Phi) is 4.51. The molecule has 5 fully saturated rings. The number of carbonyl (C=O) groups is 4. The molecule has 6 aliphatic heterocycles. The van der Waals surface area contributed by atoms with Crippen LogP contribution in [0.1, 0.15) is 34.1 Å². The van der Waals surface area contributed by atoms with E-state index in [4.69, 9.17) is 18.9 Å². The second-order valence-electron chi connectivity index (χ2n) is 13.4. The summed E-state index contributed by atoms with van der Waals surface area (Å²) >= 11 is 0. The molecule has 10 nitrogen and oxygen atoms in total. The zero-order valence-corrected chi connectivity index (χ0v) is 24.2. The molecule has 11 rings (SSSR count). The maximum atomic E-state index is 15.4. The van der Waals surface area contributed by atoms with Gasteiger partial charge >= 0.3 is 0 Å². The van der Waals surface area contributed by atoms with Crippen LogP contribution in [-0.2, 0) is 38.1 Å². The molecular weight excluding hydrogens is 564 g/mol. The molecule has 0 aromatic heterocycles. The van der Waals surface area contributed by atoms with E-state index in [2.05, 4.69) is 0 Å². The average Bonchev–Trinajstić information content (AvgIpc) is 3.86. The van der Waals surface area contributed by atoms with Gasteiger partial charge in [0, 0.05) is 26.1 Å². The summed E-state index contributed by atoms with van der Waals surface area (Å²) in [6.07, 6.45) is 0.0395. The van der Waals surface area contributed by atoms with Crippen molar-refractivity contribution in [3.8, 4) is 0 Å². The summed E-state index contributed by atoms with van der Waals surface area (Å²) in [6.45, 7) is 0.493. The van der Waals surface area contributed by atoms with Gasteiger partial charge in [0.2, 0.25) is 23.6 Å². The van der Waals surface area contributed by atoms with E-state index in [9.17, 15) is 9.59 Å². The zero-order chi connectivity index (χ0) is 30.0. The van der Waals surface area contributed by atoms with Gasteiger partial charge in [0.15, 0.2) is 0 Å². The van der Waals surface area contributed by atoms with Gasteiger partial charge in [-0.05, 0) is 22.3 Å². The number of ether oxygens (including phenoxy) is 4. The lowest BCUT2D eigenvalue weighted by Gasteiger charge is -2.63. The summed E-state index contributed by atoms with van der Waals surface area (Å²) in [6, 6.07) is 16.0. The highest BCUT2D eigenvalue weighted by atomic mass is 16.6. The zero-order valence-electron chi connectivity index (χ0n) is 24.2. The van der Waals surface area contributed by atoms with Crippen LogP contribution in [0.25, 0.3) is 0 Å². The first-order valence-corrected chi connectivity index (χ1v) is 15.3. The largest absolute Gasteiger partial charge is 0.383 e. The van der Waals surface area contributed by atoms with Gasteiger partial charge in [-0.15, -0.1) is 0 Å². The first kappa shape index (κ1) is 25.6. The number of hydrogen-bond acceptors (Lipinski definition) is 8. The maximum absolute atomic E-state index is 15.4. The van der Waals surface area contributed by atoms with Crippen molar-refractivity contribution in [2.75, 3.05) is 40.5 Å². The molecule has 0 saturated carbocycles. The summed E-state index contributed by atoms with van der Waals surface area (Å²) in [5, 5.41) is 0. The van der Waals surface area contributed by atoms with Crippen molar-refractivity contribution in [1.82, 2.24) is 9.80 Å². The molecule has 224 valence electrons. The number of methoxy groups -OCH3 is 2. The van der Waals surface area contributed by atoms with Crippen LogP contribution in [0.3, 0.4) is 0 Å². The van der Waals surface area contributed by atoms with Gasteiger partial charge in [-0.3, -0.25) is 29.0 Å². The van der Waals surface area contributed by atoms with Crippen LogP contribution >= 0.6 is 0 Å². The number of likely N-dealkylation sites (tertiary alicyclic amines) is 2. The second-order valence-corrected chi connectivity index (χ2v) is 13.4. The number of benzene rings is 2. The Morgan fingerprint density at radius 1 is 0.591 bits per heavy atom. The third kappa shape index (κ3) is 2.05. The van der Waals surface area contributed by atoms with E-state index in [-0.39, 0.29) is 38.1 Å². The quantitative estimate of drug-likeness (QED) is 0.364. The van der Waals surface area contributed by atoms with Crippen molar-refractivity contribution in [1.29, 1.82) is 0 Å². The Hall–Kier alpha value is -3.70. The third-order valence-electron chi connectivity index (χ3n) is 12.5. The third-order valence-corrected chi connectivity index (χ3v) is 12.5. The van der Waals surface area contributed by atoms with Gasteiger partial charge in [0.1, 0.15) is 21.7 Å². The van der Waals surface area contributed by atoms with E-state index in [0.29, 0.717) is 0 Å². The van der Waals surface area contributed by atoms with Gasteiger partial charge in [-0.2, -0.15) is 0 Å². The number of imide groups is 2. The topological polar surface area (TPSA) is 112 Å². The molecule has 8 atom stereocenters. The molecule has 0 N–H and O–H groups in total. The fourth-order valence-electron chi connectivity index (χ4n) is 11.6. The van der Waals surface area contributed by atoms with Gasteiger partial charge < -0.3 is 18.9 Å². The van der Waals surface area contributed by atoms with Gasteiger partial charge in [0.25, 0.3) is 0 Å². The van der Waals surface area contributed by atoms with E-state index < -0.39 is 69.7 Å². The number of nitrogens with zero attached hydrogens (tertiary/aromatic N) is 2. The van der Waals surface area contributed by atoms with Gasteiger partial charge in [0.05, 0.1) is 50.7 Å². The molecule has 6 bridgehead atoms. The molecule has 2 aromatic carbocycles. The molecular formula is C34H30N2O8. The van der Waals surface area contributed by atoms with Crippen molar-refractivity contribution < 1.29 is 38.1 Å². The van der Waals surface area contributed by atoms with E-state index >= 15 is 9.59 Å². The van der Waals surface area contributed by atoms with Crippen molar-refractivity contribution in [2.24, 2.45) is 21.7 Å². The molecule has 0 unspecified atom stereocenters. The fraction of sp³-hybridized carbons (Fsp3) is 0.471. The van der Waals surface area contributed by atoms with Crippen LogP contribution in [-0.4, -0.2) is 98.4 Å². The summed E-state index contributed by atoms with van der Waals surface area (Å²) < 4.78 is 24.2. The number of hydrogen-bond donors (Lipinski definition) is 0. The van der Waals surface area contributed by atoms with Crippen LogP contribution in [0.2, 0.25) is 0 Å². The van der Waals surface area contributed by atoms with Gasteiger partial charge in [-0.25, -0.2) is 0 Å². The number of fused-ring (bicyclic) bond motifs is 4. The Morgan fingerprint density at radius 3 is 1.32 bits per heavy atom. The minimum Gasteiger partial charge on any atom is -0.383 e. The van der Waals surface area contributed by atoms with E-state index in [1.54, 1.807) is 0 Å². The van der Waals surface area contributed by atoms with Crippen LogP contribution in [0.5, 0.6) is 0 Å². The molecule has 0 radical (unpaired) electrons. The Morgan fingerprint density at radius 2 is 0.955 bits per heavy atom. The first-order valence-electron chi connectivity index (χ1n) is 15.3. The standard InChI is InChI=1S/C34H30N2O8/c1-41-15-13-35-27(37)31-21-11-12-22(43-21)32(31,28(35)38)26-34-24-18-8-4-3-7-17(18)23(19-9-5-6-10-20(19)24)33(34,25(31)44-26)29(39)36(30(34)40)14-16-42-2/h3-12,21-26H,13-16H2,1-2H3/t21-,22+,23?,24?,25+,26-,31+,32-,33+,34-. The SMILES string of the molecule is COCCN1C(=O)[C@@]23[C@H]4C=C[C@H](O4)[C@]2(C1=O)[C@H]1O[C@@H]3[C@@]23C(=O)N(CCOC)C(=O)[C@@]12C1c2ccccc2C3c2ccccc21. The van der Waals surface area contributed by atoms with Crippen molar-refractivity contribution in [3.05, 3.63) is 82.9 Å². The molecule has 2 aromatic rings. The minimum atomic E-state index is -1.49. The lowest BCUT2D eigenvalue weighted by Crippen LogP contribution is -2.75. The van der Waals surface area contributed by atoms with Crippen molar-refractivity contribution >= 4 is 23.6 Å². The van der Waals surface area contributed by atoms with Crippen LogP contribution in [0.4, 0.5) is 0 Å². The maximum Gasteiger partial charge on any atom is 0.242 e. The molecule has 6 heterocycles. The number of rotatable bonds is 6. The minimum absolute atomic E-state index is 0.0751. The monoisotopic (exact) mass is 594 g/mol. The van der Waals surface area contributed by atoms with E-state index in [1.807, 2.05) is 60.7 Å². The smallest absolute Gasteiger partial charge is 0.242 e. The predicted molar refractivity (Wildman–Crippen MR) is 150 cm³/mol. The summed E-state index contributed by atoms with van der Waals surface area (Å²) in [5.74, 6) is -2.63. The summed E-state index contributed by atoms with van der Waals surface area (Å²) in [5.41, 5.74) is -2.04. The van der Waals surface area contributed by atoms with Crippen LogP contribution < -0.4 is 0 Å². The Bertz CT molecular complexity index is 1630. The lowest BCUT2D eigenvalue weighted by atomic mass is 9.31. The highest BCUT2D eigenvalue weighted by Gasteiger charge is 3.03.